The van der Waals surface area contributed by atoms with Crippen LogP contribution in [0.15, 0.2) is 24.3 Å². The van der Waals surface area contributed by atoms with Crippen LogP contribution in [0.2, 0.25) is 5.02 Å². The molecule has 0 bridgehead atoms. The third kappa shape index (κ3) is 4.50. The predicted molar refractivity (Wildman–Crippen MR) is 109 cm³/mol. The smallest absolute Gasteiger partial charge is 0.263 e. The second-order valence-electron chi connectivity index (χ2n) is 7.17. The van der Waals surface area contributed by atoms with E-state index in [4.69, 9.17) is 11.6 Å². The molecular formula is C20H24ClN3O2S. The van der Waals surface area contributed by atoms with E-state index in [9.17, 15) is 9.59 Å². The summed E-state index contributed by atoms with van der Waals surface area (Å²) in [4.78, 5) is 32.6. The molecule has 1 aromatic heterocycles. The lowest BCUT2D eigenvalue weighted by Gasteiger charge is -2.26. The number of likely N-dealkylation sites (tertiary alicyclic amines) is 1. The fourth-order valence-corrected chi connectivity index (χ4v) is 4.36. The molecule has 0 saturated carbocycles. The van der Waals surface area contributed by atoms with Crippen molar-refractivity contribution < 1.29 is 9.59 Å². The van der Waals surface area contributed by atoms with Gasteiger partial charge in [0, 0.05) is 23.7 Å². The molecule has 0 radical (unpaired) electrons. The first-order valence-corrected chi connectivity index (χ1v) is 10.4. The molecule has 0 unspecified atom stereocenters. The first kappa shape index (κ1) is 19.8. The molecule has 2 amide bonds. The van der Waals surface area contributed by atoms with Gasteiger partial charge in [-0.15, -0.1) is 11.3 Å². The van der Waals surface area contributed by atoms with Gasteiger partial charge in [-0.2, -0.15) is 0 Å². The Hall–Kier alpha value is -1.92. The van der Waals surface area contributed by atoms with Gasteiger partial charge in [-0.1, -0.05) is 37.6 Å². The zero-order chi connectivity index (χ0) is 19.6. The standard InChI is InChI=1S/C20H24ClN3O2S/c1-12(2)16(20(26)24-9-4-5-10-24)23-18(25)17-13(3)22-19(27-17)14-7-6-8-15(21)11-14/h6-8,11-12,16H,4-5,9-10H2,1-3H3,(H,23,25)/t16-/m0/s1. The van der Waals surface area contributed by atoms with Crippen molar-refractivity contribution in [1.29, 1.82) is 0 Å². The Morgan fingerprint density at radius 2 is 1.96 bits per heavy atom. The molecule has 0 aliphatic carbocycles. The SMILES string of the molecule is Cc1nc(-c2cccc(Cl)c2)sc1C(=O)N[C@H](C(=O)N1CCCC1)C(C)C. The maximum atomic E-state index is 12.9. The minimum absolute atomic E-state index is 0.00748. The van der Waals surface area contributed by atoms with Crippen molar-refractivity contribution in [1.82, 2.24) is 15.2 Å². The number of amides is 2. The number of aromatic nitrogens is 1. The Labute approximate surface area is 168 Å². The lowest BCUT2D eigenvalue weighted by Crippen LogP contribution is -2.50. The van der Waals surface area contributed by atoms with E-state index in [-0.39, 0.29) is 17.7 Å². The molecule has 1 atom stereocenters. The third-order valence-electron chi connectivity index (χ3n) is 4.71. The monoisotopic (exact) mass is 405 g/mol. The number of thiazole rings is 1. The zero-order valence-corrected chi connectivity index (χ0v) is 17.4. The third-order valence-corrected chi connectivity index (χ3v) is 6.15. The molecule has 1 aliphatic heterocycles. The van der Waals surface area contributed by atoms with E-state index in [1.165, 1.54) is 11.3 Å². The molecule has 3 rings (SSSR count). The van der Waals surface area contributed by atoms with Gasteiger partial charge < -0.3 is 10.2 Å². The summed E-state index contributed by atoms with van der Waals surface area (Å²) in [5, 5.41) is 4.31. The van der Waals surface area contributed by atoms with Crippen molar-refractivity contribution in [2.24, 2.45) is 5.92 Å². The topological polar surface area (TPSA) is 62.3 Å². The summed E-state index contributed by atoms with van der Waals surface area (Å²) < 4.78 is 0. The molecule has 27 heavy (non-hydrogen) atoms. The Balaban J connectivity index is 1.79. The normalized spacial score (nSPS) is 15.2. The summed E-state index contributed by atoms with van der Waals surface area (Å²) in [5.74, 6) is -0.222. The van der Waals surface area contributed by atoms with Crippen LogP contribution in [0.3, 0.4) is 0 Å². The predicted octanol–water partition coefficient (Wildman–Crippen LogP) is 4.15. The van der Waals surface area contributed by atoms with Gasteiger partial charge in [0.1, 0.15) is 15.9 Å². The molecule has 1 N–H and O–H groups in total. The number of carbonyl (C=O) groups excluding carboxylic acids is 2. The van der Waals surface area contributed by atoms with Crippen molar-refractivity contribution in [3.05, 3.63) is 39.9 Å². The van der Waals surface area contributed by atoms with Crippen molar-refractivity contribution in [2.75, 3.05) is 13.1 Å². The van der Waals surface area contributed by atoms with Crippen molar-refractivity contribution in [3.63, 3.8) is 0 Å². The molecule has 1 aliphatic rings. The average Bonchev–Trinajstić information content (AvgIpc) is 3.28. The van der Waals surface area contributed by atoms with Crippen molar-refractivity contribution in [3.8, 4) is 10.6 Å². The van der Waals surface area contributed by atoms with E-state index in [0.29, 0.717) is 15.6 Å². The molecule has 5 nitrogen and oxygen atoms in total. The van der Waals surface area contributed by atoms with Crippen LogP contribution in [-0.2, 0) is 4.79 Å². The number of halogens is 1. The maximum absolute atomic E-state index is 12.9. The molecule has 2 aromatic rings. The number of nitrogens with one attached hydrogen (secondary N) is 1. The first-order chi connectivity index (χ1) is 12.9. The minimum atomic E-state index is -0.522. The van der Waals surface area contributed by atoms with Crippen LogP contribution in [0.25, 0.3) is 10.6 Å². The van der Waals surface area contributed by atoms with Gasteiger partial charge in [0.15, 0.2) is 0 Å². The number of carbonyl (C=O) groups is 2. The number of benzene rings is 1. The Morgan fingerprint density at radius 1 is 1.26 bits per heavy atom. The van der Waals surface area contributed by atoms with E-state index in [2.05, 4.69) is 10.3 Å². The Bertz CT molecular complexity index is 844. The van der Waals surface area contributed by atoms with Crippen LogP contribution in [0, 0.1) is 12.8 Å². The fraction of sp³-hybridized carbons (Fsp3) is 0.450. The second kappa shape index (κ2) is 8.40. The van der Waals surface area contributed by atoms with Crippen LogP contribution in [0.5, 0.6) is 0 Å². The average molecular weight is 406 g/mol. The first-order valence-electron chi connectivity index (χ1n) is 9.20. The number of nitrogens with zero attached hydrogens (tertiary/aromatic N) is 2. The van der Waals surface area contributed by atoms with Gasteiger partial charge in [-0.25, -0.2) is 4.98 Å². The summed E-state index contributed by atoms with van der Waals surface area (Å²) in [6, 6.07) is 6.88. The van der Waals surface area contributed by atoms with Crippen LogP contribution in [-0.4, -0.2) is 40.8 Å². The van der Waals surface area contributed by atoms with E-state index < -0.39 is 6.04 Å². The van der Waals surface area contributed by atoms with Gasteiger partial charge in [-0.05, 0) is 37.8 Å². The highest BCUT2D eigenvalue weighted by molar-refractivity contribution is 7.17. The van der Waals surface area contributed by atoms with Gasteiger partial charge in [0.25, 0.3) is 5.91 Å². The summed E-state index contributed by atoms with van der Waals surface area (Å²) in [6.45, 7) is 7.27. The van der Waals surface area contributed by atoms with Gasteiger partial charge in [-0.3, -0.25) is 9.59 Å². The van der Waals surface area contributed by atoms with Crippen LogP contribution < -0.4 is 5.32 Å². The summed E-state index contributed by atoms with van der Waals surface area (Å²) in [6.07, 6.45) is 2.06. The number of hydrogen-bond donors (Lipinski definition) is 1. The van der Waals surface area contributed by atoms with Gasteiger partial charge in [0.05, 0.1) is 5.69 Å². The van der Waals surface area contributed by atoms with Crippen molar-refractivity contribution >= 4 is 34.8 Å². The molecular weight excluding hydrogens is 382 g/mol. The Kier molecular flexibility index (Phi) is 6.17. The lowest BCUT2D eigenvalue weighted by atomic mass is 10.0. The molecule has 0 spiro atoms. The van der Waals surface area contributed by atoms with Crippen LogP contribution >= 0.6 is 22.9 Å². The van der Waals surface area contributed by atoms with Gasteiger partial charge >= 0.3 is 0 Å². The minimum Gasteiger partial charge on any atom is -0.341 e. The van der Waals surface area contributed by atoms with Crippen molar-refractivity contribution in [2.45, 2.75) is 39.7 Å². The maximum Gasteiger partial charge on any atom is 0.263 e. The largest absolute Gasteiger partial charge is 0.341 e. The molecule has 7 heteroatoms. The van der Waals surface area contributed by atoms with E-state index in [1.54, 1.807) is 6.07 Å². The summed E-state index contributed by atoms with van der Waals surface area (Å²) in [5.41, 5.74) is 1.53. The number of hydrogen-bond acceptors (Lipinski definition) is 4. The lowest BCUT2D eigenvalue weighted by molar-refractivity contribution is -0.133. The molecule has 1 fully saturated rings. The Morgan fingerprint density at radius 3 is 2.59 bits per heavy atom. The highest BCUT2D eigenvalue weighted by Gasteiger charge is 2.31. The van der Waals surface area contributed by atoms with Crippen LogP contribution in [0.4, 0.5) is 0 Å². The van der Waals surface area contributed by atoms with E-state index in [0.717, 1.165) is 36.5 Å². The summed E-state index contributed by atoms with van der Waals surface area (Å²) >= 11 is 7.38. The zero-order valence-electron chi connectivity index (χ0n) is 15.8. The molecule has 1 saturated heterocycles. The fourth-order valence-electron chi connectivity index (χ4n) is 3.21. The summed E-state index contributed by atoms with van der Waals surface area (Å²) in [7, 11) is 0. The van der Waals surface area contributed by atoms with E-state index >= 15 is 0 Å². The van der Waals surface area contributed by atoms with Gasteiger partial charge in [0.2, 0.25) is 5.91 Å². The quantitative estimate of drug-likeness (QED) is 0.812. The molecule has 144 valence electrons. The number of rotatable bonds is 5. The highest BCUT2D eigenvalue weighted by Crippen LogP contribution is 2.29. The number of aryl methyl sites for hydroxylation is 1. The molecule has 2 heterocycles. The van der Waals surface area contributed by atoms with E-state index in [1.807, 2.05) is 43.9 Å². The second-order valence-corrected chi connectivity index (χ2v) is 8.61. The van der Waals surface area contributed by atoms with Crippen LogP contribution in [0.1, 0.15) is 42.1 Å². The molecule has 1 aromatic carbocycles. The highest BCUT2D eigenvalue weighted by atomic mass is 35.5.